The first-order chi connectivity index (χ1) is 15.0. The predicted molar refractivity (Wildman–Crippen MR) is 109 cm³/mol. The Kier molecular flexibility index (Phi) is 6.39. The lowest BCUT2D eigenvalue weighted by Gasteiger charge is -2.09. The first-order valence-electron chi connectivity index (χ1n) is 8.69. The number of aromatic amines is 1. The van der Waals surface area contributed by atoms with Crippen LogP contribution < -0.4 is 5.32 Å². The van der Waals surface area contributed by atoms with Crippen LogP contribution >= 0.6 is 11.3 Å². The number of anilines is 1. The third-order valence-electron chi connectivity index (χ3n) is 3.96. The maximum atomic E-state index is 12.4. The number of benzene rings is 1. The molecule has 0 unspecified atom stereocenters. The Labute approximate surface area is 181 Å². The highest BCUT2D eigenvalue weighted by Gasteiger charge is 2.38. The first-order valence-corrected chi connectivity index (χ1v) is 9.57. The van der Waals surface area contributed by atoms with Crippen LogP contribution in [0.4, 0.5) is 18.9 Å². The Bertz CT molecular complexity index is 1290. The number of thiazole rings is 1. The third-order valence-corrected chi connectivity index (χ3v) is 4.73. The molecule has 0 spiro atoms. The lowest BCUT2D eigenvalue weighted by molar-refractivity contribution is -0.192. The number of aromatic hydroxyl groups is 1. The molecule has 1 aromatic carbocycles. The fourth-order valence-electron chi connectivity index (χ4n) is 2.56. The lowest BCUT2D eigenvalue weighted by atomic mass is 10.0. The Balaban J connectivity index is 0.000000360. The Morgan fingerprint density at radius 1 is 1.12 bits per heavy atom. The van der Waals surface area contributed by atoms with Crippen molar-refractivity contribution in [2.45, 2.75) is 13.1 Å². The average Bonchev–Trinajstić information content (AvgIpc) is 3.36. The summed E-state index contributed by atoms with van der Waals surface area (Å²) in [6.07, 6.45) is -0.417. The fourth-order valence-corrected chi connectivity index (χ4v) is 3.15. The monoisotopic (exact) mass is 465 g/mol. The van der Waals surface area contributed by atoms with E-state index in [2.05, 4.69) is 25.5 Å². The zero-order valence-electron chi connectivity index (χ0n) is 16.1. The number of aliphatic carboxylic acids is 1. The number of H-pyrrole nitrogens is 1. The van der Waals surface area contributed by atoms with Crippen LogP contribution in [0.15, 0.2) is 42.2 Å². The topological polar surface area (TPSA) is 141 Å². The minimum absolute atomic E-state index is 0.0748. The molecule has 4 N–H and O–H groups in total. The summed E-state index contributed by atoms with van der Waals surface area (Å²) in [5.41, 5.74) is 3.29. The summed E-state index contributed by atoms with van der Waals surface area (Å²) in [5.74, 6) is -2.96. The van der Waals surface area contributed by atoms with E-state index in [1.165, 1.54) is 17.5 Å². The van der Waals surface area contributed by atoms with Crippen molar-refractivity contribution in [2.24, 2.45) is 0 Å². The molecule has 0 saturated heterocycles. The summed E-state index contributed by atoms with van der Waals surface area (Å²) in [4.78, 5) is 29.5. The zero-order valence-corrected chi connectivity index (χ0v) is 17.0. The number of halogens is 3. The average molecular weight is 465 g/mol. The van der Waals surface area contributed by atoms with Gasteiger partial charge < -0.3 is 15.5 Å². The molecular formula is C19H14F3N5O4S. The second kappa shape index (κ2) is 9.01. The van der Waals surface area contributed by atoms with Gasteiger partial charge in [0.15, 0.2) is 0 Å². The molecular weight excluding hydrogens is 451 g/mol. The van der Waals surface area contributed by atoms with E-state index in [1.807, 2.05) is 19.1 Å². The summed E-state index contributed by atoms with van der Waals surface area (Å²) in [6, 6.07) is 5.33. The number of amides is 1. The second-order valence-corrected chi connectivity index (χ2v) is 7.36. The standard InChI is InChI=1S/C17H13N5O2S.C2HF3O2/c1-9-20-16(8-25-9)17(24)21-14-3-10(4-15-13(14)7-19-22-15)11-2-12(23)6-18-5-11;3-2(4,5)1(6)7/h2-8,23H,1H3,(H,19,22)(H,21,24);(H,6,7). The Morgan fingerprint density at radius 2 is 1.84 bits per heavy atom. The number of fused-ring (bicyclic) bond motifs is 1. The normalized spacial score (nSPS) is 11.0. The van der Waals surface area contributed by atoms with Gasteiger partial charge in [-0.05, 0) is 30.7 Å². The van der Waals surface area contributed by atoms with Crippen molar-refractivity contribution in [3.63, 3.8) is 0 Å². The van der Waals surface area contributed by atoms with Crippen molar-refractivity contribution in [1.82, 2.24) is 20.2 Å². The molecule has 32 heavy (non-hydrogen) atoms. The molecule has 0 fully saturated rings. The van der Waals surface area contributed by atoms with E-state index >= 15 is 0 Å². The number of carbonyl (C=O) groups excluding carboxylic acids is 1. The second-order valence-electron chi connectivity index (χ2n) is 6.30. The van der Waals surface area contributed by atoms with E-state index in [9.17, 15) is 23.1 Å². The van der Waals surface area contributed by atoms with E-state index in [1.54, 1.807) is 23.8 Å². The van der Waals surface area contributed by atoms with Crippen LogP contribution in [0.25, 0.3) is 22.0 Å². The highest BCUT2D eigenvalue weighted by atomic mass is 32.1. The molecule has 4 rings (SSSR count). The molecule has 0 bridgehead atoms. The van der Waals surface area contributed by atoms with Gasteiger partial charge >= 0.3 is 12.1 Å². The molecule has 0 radical (unpaired) electrons. The molecule has 166 valence electrons. The number of nitrogens with zero attached hydrogens (tertiary/aromatic N) is 3. The Hall–Kier alpha value is -4.00. The molecule has 4 aromatic rings. The predicted octanol–water partition coefficient (Wildman–Crippen LogP) is 3.98. The third kappa shape index (κ3) is 5.37. The maximum Gasteiger partial charge on any atom is 0.490 e. The number of carboxylic acids is 1. The van der Waals surface area contributed by atoms with Gasteiger partial charge in [-0.3, -0.25) is 14.9 Å². The molecule has 3 heterocycles. The summed E-state index contributed by atoms with van der Waals surface area (Å²) >= 11 is 1.42. The highest BCUT2D eigenvalue weighted by molar-refractivity contribution is 7.09. The summed E-state index contributed by atoms with van der Waals surface area (Å²) < 4.78 is 31.7. The van der Waals surface area contributed by atoms with Crippen molar-refractivity contribution < 1.29 is 33.0 Å². The van der Waals surface area contributed by atoms with Crippen LogP contribution in [0.5, 0.6) is 5.75 Å². The van der Waals surface area contributed by atoms with Gasteiger partial charge in [0.2, 0.25) is 0 Å². The minimum atomic E-state index is -5.08. The van der Waals surface area contributed by atoms with E-state index in [0.29, 0.717) is 11.4 Å². The molecule has 3 aromatic heterocycles. The summed E-state index contributed by atoms with van der Waals surface area (Å²) in [5, 5.41) is 30.0. The number of nitrogens with one attached hydrogen (secondary N) is 2. The number of aromatic nitrogens is 4. The van der Waals surface area contributed by atoms with Crippen molar-refractivity contribution in [3.05, 3.63) is 52.9 Å². The van der Waals surface area contributed by atoms with E-state index < -0.39 is 12.1 Å². The largest absolute Gasteiger partial charge is 0.506 e. The van der Waals surface area contributed by atoms with Gasteiger partial charge in [0.25, 0.3) is 5.91 Å². The van der Waals surface area contributed by atoms with Crippen LogP contribution in [-0.4, -0.2) is 48.4 Å². The van der Waals surface area contributed by atoms with Crippen LogP contribution in [0.1, 0.15) is 15.5 Å². The maximum absolute atomic E-state index is 12.4. The van der Waals surface area contributed by atoms with Gasteiger partial charge in [-0.15, -0.1) is 11.3 Å². The number of hydrogen-bond acceptors (Lipinski definition) is 7. The molecule has 9 nitrogen and oxygen atoms in total. The molecule has 0 atom stereocenters. The molecule has 1 amide bonds. The summed E-state index contributed by atoms with van der Waals surface area (Å²) in [6.45, 7) is 1.85. The highest BCUT2D eigenvalue weighted by Crippen LogP contribution is 2.31. The number of carbonyl (C=O) groups is 2. The number of hydrogen-bond donors (Lipinski definition) is 4. The van der Waals surface area contributed by atoms with Gasteiger partial charge in [0.05, 0.1) is 28.6 Å². The first kappa shape index (κ1) is 22.7. The van der Waals surface area contributed by atoms with Gasteiger partial charge in [-0.1, -0.05) is 0 Å². The van der Waals surface area contributed by atoms with Gasteiger partial charge in [0.1, 0.15) is 11.4 Å². The van der Waals surface area contributed by atoms with Crippen molar-refractivity contribution in [2.75, 3.05) is 5.32 Å². The van der Waals surface area contributed by atoms with E-state index in [-0.39, 0.29) is 11.7 Å². The molecule has 0 aliphatic carbocycles. The molecule has 13 heteroatoms. The zero-order chi connectivity index (χ0) is 23.5. The molecule has 0 saturated carbocycles. The van der Waals surface area contributed by atoms with Crippen LogP contribution in [0.3, 0.4) is 0 Å². The molecule has 0 aliphatic heterocycles. The molecule has 0 aliphatic rings. The number of carboxylic acid groups (broad SMARTS) is 1. The van der Waals surface area contributed by atoms with E-state index in [0.717, 1.165) is 27.0 Å². The fraction of sp³-hybridized carbons (Fsp3) is 0.105. The van der Waals surface area contributed by atoms with Crippen LogP contribution in [0, 0.1) is 6.92 Å². The van der Waals surface area contributed by atoms with Crippen LogP contribution in [0.2, 0.25) is 0 Å². The SMILES string of the molecule is Cc1nc(C(=O)Nc2cc(-c3cncc(O)c3)cc3[nH]ncc23)cs1.O=C(O)C(F)(F)F. The van der Waals surface area contributed by atoms with E-state index in [4.69, 9.17) is 9.90 Å². The lowest BCUT2D eigenvalue weighted by Crippen LogP contribution is -2.21. The van der Waals surface area contributed by atoms with Gasteiger partial charge in [-0.25, -0.2) is 9.78 Å². The van der Waals surface area contributed by atoms with Crippen molar-refractivity contribution in [1.29, 1.82) is 0 Å². The van der Waals surface area contributed by atoms with Crippen LogP contribution in [-0.2, 0) is 4.79 Å². The van der Waals surface area contributed by atoms with Gasteiger partial charge in [0, 0.05) is 22.5 Å². The van der Waals surface area contributed by atoms with Gasteiger partial charge in [-0.2, -0.15) is 18.3 Å². The number of alkyl halides is 3. The van der Waals surface area contributed by atoms with Crippen molar-refractivity contribution >= 4 is 39.8 Å². The summed E-state index contributed by atoms with van der Waals surface area (Å²) in [7, 11) is 0. The minimum Gasteiger partial charge on any atom is -0.506 e. The number of rotatable bonds is 3. The Morgan fingerprint density at radius 3 is 2.44 bits per heavy atom. The quantitative estimate of drug-likeness (QED) is 0.359. The number of aryl methyl sites for hydroxylation is 1. The van der Waals surface area contributed by atoms with Crippen molar-refractivity contribution in [3.8, 4) is 16.9 Å². The smallest absolute Gasteiger partial charge is 0.490 e. The number of pyridine rings is 1.